The van der Waals surface area contributed by atoms with E-state index < -0.39 is 10.0 Å². The minimum absolute atomic E-state index is 0.126. The Morgan fingerprint density at radius 1 is 1.22 bits per heavy atom. The third kappa shape index (κ3) is 3.65. The number of anilines is 1. The number of hydrogen-bond acceptors (Lipinski definition) is 4. The quantitative estimate of drug-likeness (QED) is 0.898. The van der Waals surface area contributed by atoms with Crippen LogP contribution in [0.1, 0.15) is 12.8 Å². The van der Waals surface area contributed by atoms with E-state index in [9.17, 15) is 13.2 Å². The van der Waals surface area contributed by atoms with Gasteiger partial charge in [0.25, 0.3) is 0 Å². The molecule has 2 aliphatic rings. The third-order valence-electron chi connectivity index (χ3n) is 4.14. The van der Waals surface area contributed by atoms with Crippen molar-refractivity contribution in [3.05, 3.63) is 24.3 Å². The van der Waals surface area contributed by atoms with Crippen LogP contribution in [0.25, 0.3) is 0 Å². The van der Waals surface area contributed by atoms with E-state index in [4.69, 9.17) is 4.74 Å². The zero-order valence-electron chi connectivity index (χ0n) is 13.1. The van der Waals surface area contributed by atoms with Crippen molar-refractivity contribution in [3.8, 4) is 0 Å². The Hall–Kier alpha value is -1.64. The van der Waals surface area contributed by atoms with Crippen LogP contribution >= 0.6 is 0 Å². The Labute approximate surface area is 136 Å². The average Bonchev–Trinajstić information content (AvgIpc) is 3.40. The molecule has 1 aromatic carbocycles. The minimum Gasteiger partial charge on any atom is -0.378 e. The zero-order chi connectivity index (χ0) is 16.4. The fraction of sp³-hybridized carbons (Fsp3) is 0.533. The van der Waals surface area contributed by atoms with E-state index in [1.54, 1.807) is 24.1 Å². The highest BCUT2D eigenvalue weighted by Gasteiger charge is 2.34. The van der Waals surface area contributed by atoms with Gasteiger partial charge in [-0.25, -0.2) is 13.2 Å². The lowest BCUT2D eigenvalue weighted by atomic mass is 10.3. The summed E-state index contributed by atoms with van der Waals surface area (Å²) >= 11 is 0. The van der Waals surface area contributed by atoms with Crippen LogP contribution < -0.4 is 5.32 Å². The summed E-state index contributed by atoms with van der Waals surface area (Å²) in [6, 6.07) is 6.23. The molecule has 0 unspecified atom stereocenters. The van der Waals surface area contributed by atoms with Crippen molar-refractivity contribution in [1.82, 2.24) is 9.21 Å². The zero-order valence-corrected chi connectivity index (χ0v) is 13.9. The van der Waals surface area contributed by atoms with Gasteiger partial charge in [0.2, 0.25) is 10.0 Å². The average molecular weight is 339 g/mol. The molecule has 0 radical (unpaired) electrons. The summed E-state index contributed by atoms with van der Waals surface area (Å²) in [5.74, 6) is 0. The standard InChI is InChI=1S/C15H21N3O4S/c1-17(13-4-5-13)23(20,21)14-6-2-12(3-7-14)16-15(19)18-8-10-22-11-9-18/h2-3,6-7,13H,4-5,8-11H2,1H3,(H,16,19). The highest BCUT2D eigenvalue weighted by molar-refractivity contribution is 7.89. The summed E-state index contributed by atoms with van der Waals surface area (Å²) in [7, 11) is -1.84. The number of rotatable bonds is 4. The molecule has 1 heterocycles. The van der Waals surface area contributed by atoms with Gasteiger partial charge in [-0.2, -0.15) is 4.31 Å². The highest BCUT2D eigenvalue weighted by Crippen LogP contribution is 2.30. The van der Waals surface area contributed by atoms with Crippen LogP contribution in [-0.2, 0) is 14.8 Å². The second-order valence-corrected chi connectivity index (χ2v) is 7.80. The molecule has 23 heavy (non-hydrogen) atoms. The molecule has 0 atom stereocenters. The molecule has 1 N–H and O–H groups in total. The maximum atomic E-state index is 12.4. The number of morpholine rings is 1. The lowest BCUT2D eigenvalue weighted by Crippen LogP contribution is -2.43. The fourth-order valence-corrected chi connectivity index (χ4v) is 3.90. The molecule has 1 aromatic rings. The van der Waals surface area contributed by atoms with E-state index in [1.165, 1.54) is 16.4 Å². The van der Waals surface area contributed by atoms with Crippen LogP contribution in [0.5, 0.6) is 0 Å². The maximum Gasteiger partial charge on any atom is 0.321 e. The number of hydrogen-bond donors (Lipinski definition) is 1. The molecule has 1 aliphatic heterocycles. The van der Waals surface area contributed by atoms with Gasteiger partial charge < -0.3 is 15.0 Å². The van der Waals surface area contributed by atoms with Gasteiger partial charge in [-0.1, -0.05) is 0 Å². The molecule has 7 nitrogen and oxygen atoms in total. The lowest BCUT2D eigenvalue weighted by molar-refractivity contribution is 0.0564. The predicted molar refractivity (Wildman–Crippen MR) is 85.8 cm³/mol. The van der Waals surface area contributed by atoms with Gasteiger partial charge in [-0.05, 0) is 37.1 Å². The molecule has 1 aliphatic carbocycles. The van der Waals surface area contributed by atoms with Crippen molar-refractivity contribution in [2.24, 2.45) is 0 Å². The maximum absolute atomic E-state index is 12.4. The molecule has 0 spiro atoms. The Morgan fingerprint density at radius 3 is 2.39 bits per heavy atom. The largest absolute Gasteiger partial charge is 0.378 e. The Kier molecular flexibility index (Phi) is 4.56. The minimum atomic E-state index is -3.45. The van der Waals surface area contributed by atoms with Crippen LogP contribution in [0.4, 0.5) is 10.5 Å². The van der Waals surface area contributed by atoms with Crippen LogP contribution in [-0.4, -0.2) is 63.0 Å². The molecule has 1 saturated heterocycles. The fourth-order valence-electron chi connectivity index (χ4n) is 2.48. The number of nitrogens with one attached hydrogen (secondary N) is 1. The second kappa shape index (κ2) is 6.46. The van der Waals surface area contributed by atoms with Crippen molar-refractivity contribution in [2.75, 3.05) is 38.7 Å². The molecule has 2 fully saturated rings. The van der Waals surface area contributed by atoms with Crippen molar-refractivity contribution in [3.63, 3.8) is 0 Å². The van der Waals surface area contributed by atoms with E-state index in [0.717, 1.165) is 12.8 Å². The number of carbonyl (C=O) groups excluding carboxylic acids is 1. The summed E-state index contributed by atoms with van der Waals surface area (Å²) in [6.45, 7) is 2.20. The van der Waals surface area contributed by atoms with Crippen LogP contribution in [0.2, 0.25) is 0 Å². The first kappa shape index (κ1) is 16.2. The molecular formula is C15H21N3O4S. The van der Waals surface area contributed by atoms with Crippen LogP contribution in [0.15, 0.2) is 29.2 Å². The van der Waals surface area contributed by atoms with Crippen molar-refractivity contribution < 1.29 is 17.9 Å². The topological polar surface area (TPSA) is 79.0 Å². The SMILES string of the molecule is CN(C1CC1)S(=O)(=O)c1ccc(NC(=O)N2CCOCC2)cc1. The predicted octanol–water partition coefficient (Wildman–Crippen LogP) is 1.33. The van der Waals surface area contributed by atoms with E-state index in [0.29, 0.717) is 32.0 Å². The van der Waals surface area contributed by atoms with Crippen molar-refractivity contribution in [2.45, 2.75) is 23.8 Å². The van der Waals surface area contributed by atoms with Gasteiger partial charge in [0.15, 0.2) is 0 Å². The number of amides is 2. The molecular weight excluding hydrogens is 318 g/mol. The van der Waals surface area contributed by atoms with Crippen LogP contribution in [0, 0.1) is 0 Å². The van der Waals surface area contributed by atoms with Gasteiger partial charge in [-0.15, -0.1) is 0 Å². The Bertz CT molecular complexity index is 664. The van der Waals surface area contributed by atoms with Gasteiger partial charge in [-0.3, -0.25) is 0 Å². The summed E-state index contributed by atoms with van der Waals surface area (Å²) < 4.78 is 31.5. The van der Waals surface area contributed by atoms with Gasteiger partial charge in [0.1, 0.15) is 0 Å². The van der Waals surface area contributed by atoms with E-state index in [2.05, 4.69) is 5.32 Å². The van der Waals surface area contributed by atoms with Crippen LogP contribution in [0.3, 0.4) is 0 Å². The molecule has 0 bridgehead atoms. The molecule has 2 amide bonds. The van der Waals surface area contributed by atoms with Gasteiger partial charge >= 0.3 is 6.03 Å². The number of urea groups is 1. The highest BCUT2D eigenvalue weighted by atomic mass is 32.2. The first-order chi connectivity index (χ1) is 11.0. The van der Waals surface area contributed by atoms with Crippen molar-refractivity contribution in [1.29, 1.82) is 0 Å². The summed E-state index contributed by atoms with van der Waals surface area (Å²) in [5.41, 5.74) is 0.578. The molecule has 3 rings (SSSR count). The molecule has 0 aromatic heterocycles. The summed E-state index contributed by atoms with van der Waals surface area (Å²) in [5, 5.41) is 2.78. The Morgan fingerprint density at radius 2 is 1.83 bits per heavy atom. The normalized spacial score (nSPS) is 19.0. The monoisotopic (exact) mass is 339 g/mol. The second-order valence-electron chi connectivity index (χ2n) is 5.81. The number of ether oxygens (including phenoxy) is 1. The van der Waals surface area contributed by atoms with E-state index in [-0.39, 0.29) is 17.0 Å². The summed E-state index contributed by atoms with van der Waals surface area (Å²) in [6.07, 6.45) is 1.84. The Balaban J connectivity index is 1.65. The number of sulfonamides is 1. The number of nitrogens with zero attached hydrogens (tertiary/aromatic N) is 2. The van der Waals surface area contributed by atoms with Gasteiger partial charge in [0, 0.05) is 31.9 Å². The van der Waals surface area contributed by atoms with Gasteiger partial charge in [0.05, 0.1) is 18.1 Å². The van der Waals surface area contributed by atoms with E-state index >= 15 is 0 Å². The van der Waals surface area contributed by atoms with E-state index in [1.807, 2.05) is 0 Å². The first-order valence-corrected chi connectivity index (χ1v) is 9.14. The lowest BCUT2D eigenvalue weighted by Gasteiger charge is -2.27. The molecule has 126 valence electrons. The smallest absolute Gasteiger partial charge is 0.321 e. The molecule has 1 saturated carbocycles. The number of carbonyl (C=O) groups is 1. The molecule has 8 heteroatoms. The summed E-state index contributed by atoms with van der Waals surface area (Å²) in [4.78, 5) is 14.0. The van der Waals surface area contributed by atoms with Crippen molar-refractivity contribution >= 4 is 21.7 Å². The third-order valence-corrected chi connectivity index (χ3v) is 6.07. The first-order valence-electron chi connectivity index (χ1n) is 7.70. The number of benzene rings is 1.